The van der Waals surface area contributed by atoms with Gasteiger partial charge in [-0.2, -0.15) is 5.10 Å². The van der Waals surface area contributed by atoms with Gasteiger partial charge in [-0.1, -0.05) is 18.2 Å². The van der Waals surface area contributed by atoms with Gasteiger partial charge in [-0.15, -0.1) is 0 Å². The van der Waals surface area contributed by atoms with Crippen molar-refractivity contribution >= 4 is 11.6 Å². The molecule has 0 radical (unpaired) electrons. The fraction of sp³-hybridized carbons (Fsp3) is 0.238. The van der Waals surface area contributed by atoms with Gasteiger partial charge in [0.25, 0.3) is 11.6 Å². The van der Waals surface area contributed by atoms with Gasteiger partial charge in [-0.3, -0.25) is 14.9 Å². The van der Waals surface area contributed by atoms with Crippen molar-refractivity contribution in [1.29, 1.82) is 0 Å². The lowest BCUT2D eigenvalue weighted by Crippen LogP contribution is -2.41. The molecular formula is C21H22N4O4. The number of nitro benzene ring substituents is 1. The van der Waals surface area contributed by atoms with E-state index in [1.165, 1.54) is 16.8 Å². The van der Waals surface area contributed by atoms with E-state index in [-0.39, 0.29) is 17.3 Å². The van der Waals surface area contributed by atoms with Crippen LogP contribution >= 0.6 is 0 Å². The fourth-order valence-corrected chi connectivity index (χ4v) is 2.81. The minimum absolute atomic E-state index is 0.0805. The Balaban J connectivity index is 2.14. The number of methoxy groups -OCH3 is 1. The first-order valence-corrected chi connectivity index (χ1v) is 9.00. The summed E-state index contributed by atoms with van der Waals surface area (Å²) < 4.78 is 6.68. The maximum atomic E-state index is 12.9. The predicted octanol–water partition coefficient (Wildman–Crippen LogP) is 3.98. The number of carbonyl (C=O) groups excluding carboxylic acids is 1. The second-order valence-corrected chi connectivity index (χ2v) is 7.54. The van der Waals surface area contributed by atoms with E-state index in [9.17, 15) is 14.9 Å². The van der Waals surface area contributed by atoms with Crippen molar-refractivity contribution in [2.24, 2.45) is 0 Å². The number of hydrogen-bond donors (Lipinski definition) is 1. The van der Waals surface area contributed by atoms with E-state index in [2.05, 4.69) is 10.4 Å². The highest BCUT2D eigenvalue weighted by atomic mass is 16.6. The molecular weight excluding hydrogens is 372 g/mol. The smallest absolute Gasteiger partial charge is 0.271 e. The number of nitrogens with one attached hydrogen (secondary N) is 1. The summed E-state index contributed by atoms with van der Waals surface area (Å²) in [4.78, 5) is 23.6. The van der Waals surface area contributed by atoms with Gasteiger partial charge in [0.1, 0.15) is 11.4 Å². The molecule has 0 saturated carbocycles. The molecule has 1 amide bonds. The number of aromatic nitrogens is 2. The second-order valence-electron chi connectivity index (χ2n) is 7.54. The number of amides is 1. The number of ether oxygens (including phenoxy) is 1. The molecule has 1 heterocycles. The zero-order chi connectivity index (χ0) is 21.2. The van der Waals surface area contributed by atoms with Crippen molar-refractivity contribution in [3.05, 3.63) is 70.4 Å². The second kappa shape index (κ2) is 7.75. The molecule has 2 aromatic carbocycles. The number of nitrogens with zero attached hydrogens (tertiary/aromatic N) is 3. The number of rotatable bonds is 5. The molecule has 0 aliphatic rings. The summed E-state index contributed by atoms with van der Waals surface area (Å²) >= 11 is 0. The van der Waals surface area contributed by atoms with E-state index in [0.29, 0.717) is 17.1 Å². The normalized spacial score (nSPS) is 11.2. The van der Waals surface area contributed by atoms with Gasteiger partial charge in [-0.05, 0) is 45.0 Å². The zero-order valence-electron chi connectivity index (χ0n) is 16.7. The number of nitro groups is 1. The molecule has 1 N–H and O–H groups in total. The van der Waals surface area contributed by atoms with Crippen LogP contribution in [0.1, 0.15) is 31.3 Å². The van der Waals surface area contributed by atoms with Crippen LogP contribution in [0, 0.1) is 10.1 Å². The molecule has 0 atom stereocenters. The summed E-state index contributed by atoms with van der Waals surface area (Å²) in [5, 5.41) is 18.6. The maximum Gasteiger partial charge on any atom is 0.271 e. The molecule has 0 unspecified atom stereocenters. The molecule has 0 fully saturated rings. The Bertz CT molecular complexity index is 1070. The minimum Gasteiger partial charge on any atom is -0.497 e. The van der Waals surface area contributed by atoms with Gasteiger partial charge in [-0.25, -0.2) is 4.68 Å². The van der Waals surface area contributed by atoms with Gasteiger partial charge in [0.2, 0.25) is 0 Å². The van der Waals surface area contributed by atoms with E-state index < -0.39 is 10.5 Å². The Morgan fingerprint density at radius 1 is 1.14 bits per heavy atom. The van der Waals surface area contributed by atoms with E-state index >= 15 is 0 Å². The molecule has 8 heteroatoms. The molecule has 3 rings (SSSR count). The lowest BCUT2D eigenvalue weighted by Gasteiger charge is -2.20. The third-order valence-corrected chi connectivity index (χ3v) is 4.08. The average molecular weight is 394 g/mol. The molecule has 3 aromatic rings. The standard InChI is InChI=1S/C21H22N4O4/c1-21(2,3)22-20(26)19-13-18(14-7-5-10-17(11-14)29-4)23-24(19)15-8-6-9-16(12-15)25(27)28/h5-13H,1-4H3,(H,22,26). The lowest BCUT2D eigenvalue weighted by atomic mass is 10.1. The van der Waals surface area contributed by atoms with Crippen LogP contribution < -0.4 is 10.1 Å². The quantitative estimate of drug-likeness (QED) is 0.521. The maximum absolute atomic E-state index is 12.9. The van der Waals surface area contributed by atoms with Crippen LogP contribution in [0.15, 0.2) is 54.6 Å². The van der Waals surface area contributed by atoms with Crippen LogP contribution in [-0.2, 0) is 0 Å². The van der Waals surface area contributed by atoms with E-state index in [4.69, 9.17) is 4.74 Å². The number of hydrogen-bond acceptors (Lipinski definition) is 5. The Kier molecular flexibility index (Phi) is 5.36. The molecule has 0 aliphatic heterocycles. The van der Waals surface area contributed by atoms with Gasteiger partial charge in [0.15, 0.2) is 0 Å². The summed E-state index contributed by atoms with van der Waals surface area (Å²) in [5.41, 5.74) is 1.48. The van der Waals surface area contributed by atoms with Crippen LogP contribution in [0.4, 0.5) is 5.69 Å². The third-order valence-electron chi connectivity index (χ3n) is 4.08. The average Bonchev–Trinajstić information content (AvgIpc) is 3.12. The SMILES string of the molecule is COc1cccc(-c2cc(C(=O)NC(C)(C)C)n(-c3cccc([N+](=O)[O-])c3)n2)c1. The summed E-state index contributed by atoms with van der Waals surface area (Å²) in [6.07, 6.45) is 0. The predicted molar refractivity (Wildman–Crippen MR) is 109 cm³/mol. The van der Waals surface area contributed by atoms with Crippen LogP contribution in [0.25, 0.3) is 16.9 Å². The summed E-state index contributed by atoms with van der Waals surface area (Å²) in [6, 6.07) is 15.0. The van der Waals surface area contributed by atoms with Gasteiger partial charge < -0.3 is 10.1 Å². The van der Waals surface area contributed by atoms with E-state index in [0.717, 1.165) is 5.56 Å². The van der Waals surface area contributed by atoms with Crippen molar-refractivity contribution in [2.75, 3.05) is 7.11 Å². The number of carbonyl (C=O) groups is 1. The first kappa shape index (κ1) is 20.1. The van der Waals surface area contributed by atoms with Crippen molar-refractivity contribution in [1.82, 2.24) is 15.1 Å². The molecule has 0 aliphatic carbocycles. The van der Waals surface area contributed by atoms with Gasteiger partial charge >= 0.3 is 0 Å². The largest absolute Gasteiger partial charge is 0.497 e. The molecule has 29 heavy (non-hydrogen) atoms. The van der Waals surface area contributed by atoms with Crippen molar-refractivity contribution < 1.29 is 14.5 Å². The van der Waals surface area contributed by atoms with Gasteiger partial charge in [0, 0.05) is 23.2 Å². The van der Waals surface area contributed by atoms with Crippen molar-refractivity contribution in [3.63, 3.8) is 0 Å². The minimum atomic E-state index is -0.481. The number of non-ortho nitro benzene ring substituents is 1. The monoisotopic (exact) mass is 394 g/mol. The van der Waals surface area contributed by atoms with Crippen LogP contribution in [0.5, 0.6) is 5.75 Å². The van der Waals surface area contributed by atoms with Crippen LogP contribution in [0.3, 0.4) is 0 Å². The van der Waals surface area contributed by atoms with Crippen LogP contribution in [-0.4, -0.2) is 33.3 Å². The van der Waals surface area contributed by atoms with Crippen LogP contribution in [0.2, 0.25) is 0 Å². The molecule has 8 nitrogen and oxygen atoms in total. The third kappa shape index (κ3) is 4.60. The summed E-state index contributed by atoms with van der Waals surface area (Å²) in [6.45, 7) is 5.63. The highest BCUT2D eigenvalue weighted by Crippen LogP contribution is 2.26. The zero-order valence-corrected chi connectivity index (χ0v) is 16.7. The highest BCUT2D eigenvalue weighted by Gasteiger charge is 2.22. The highest BCUT2D eigenvalue weighted by molar-refractivity contribution is 5.94. The topological polar surface area (TPSA) is 99.3 Å². The molecule has 150 valence electrons. The molecule has 0 bridgehead atoms. The molecule has 1 aromatic heterocycles. The lowest BCUT2D eigenvalue weighted by molar-refractivity contribution is -0.384. The molecule has 0 spiro atoms. The van der Waals surface area contributed by atoms with E-state index in [1.54, 1.807) is 25.3 Å². The Labute approximate surface area is 168 Å². The first-order valence-electron chi connectivity index (χ1n) is 9.00. The molecule has 0 saturated heterocycles. The van der Waals surface area contributed by atoms with Crippen molar-refractivity contribution in [2.45, 2.75) is 26.3 Å². The van der Waals surface area contributed by atoms with Crippen molar-refractivity contribution in [3.8, 4) is 22.7 Å². The summed E-state index contributed by atoms with van der Waals surface area (Å²) in [5.74, 6) is 0.332. The fourth-order valence-electron chi connectivity index (χ4n) is 2.81. The number of benzene rings is 2. The summed E-state index contributed by atoms with van der Waals surface area (Å²) in [7, 11) is 1.57. The Hall–Kier alpha value is -3.68. The first-order chi connectivity index (χ1) is 13.7. The Morgan fingerprint density at radius 3 is 2.52 bits per heavy atom. The van der Waals surface area contributed by atoms with E-state index in [1.807, 2.05) is 45.0 Å². The van der Waals surface area contributed by atoms with Gasteiger partial charge in [0.05, 0.1) is 23.4 Å². The Morgan fingerprint density at radius 2 is 1.86 bits per heavy atom.